The van der Waals surface area contributed by atoms with Crippen molar-refractivity contribution in [3.63, 3.8) is 0 Å². The molecule has 0 fully saturated rings. The number of nitro groups is 1. The summed E-state index contributed by atoms with van der Waals surface area (Å²) >= 11 is 0. The van der Waals surface area contributed by atoms with Gasteiger partial charge in [0.2, 0.25) is 5.54 Å². The number of hydrogen-bond donors (Lipinski definition) is 0. The number of hydrogen-bond acceptors (Lipinski definition) is 6. The molecule has 2 rings (SSSR count). The van der Waals surface area contributed by atoms with Crippen LogP contribution in [0.1, 0.15) is 40.3 Å². The van der Waals surface area contributed by atoms with Gasteiger partial charge in [-0.1, -0.05) is 0 Å². The van der Waals surface area contributed by atoms with Gasteiger partial charge in [-0.3, -0.25) is 10.1 Å². The Morgan fingerprint density at radius 2 is 2.00 bits per heavy atom. The molecule has 0 radical (unpaired) electrons. The van der Waals surface area contributed by atoms with Crippen LogP contribution in [0.2, 0.25) is 0 Å². The fourth-order valence-electron chi connectivity index (χ4n) is 2.29. The third-order valence-corrected chi connectivity index (χ3v) is 3.45. The van der Waals surface area contributed by atoms with Crippen molar-refractivity contribution < 1.29 is 19.2 Å². The maximum absolute atomic E-state index is 11.8. The minimum absolute atomic E-state index is 0.219. The van der Waals surface area contributed by atoms with E-state index in [0.717, 1.165) is 0 Å². The van der Waals surface area contributed by atoms with Gasteiger partial charge in [0.25, 0.3) is 0 Å². The van der Waals surface area contributed by atoms with Crippen LogP contribution in [0.15, 0.2) is 24.5 Å². The number of rotatable bonds is 6. The molecule has 0 bridgehead atoms. The second-order valence-corrected chi connectivity index (χ2v) is 7.44. The molecular formula is C17H23N3O5. The highest BCUT2D eigenvalue weighted by molar-refractivity contribution is 5.72. The number of aromatic nitrogens is 2. The highest BCUT2D eigenvalue weighted by atomic mass is 16.6. The predicted molar refractivity (Wildman–Crippen MR) is 91.3 cm³/mol. The number of nitrogens with zero attached hydrogens (tertiary/aromatic N) is 3. The molecule has 0 aliphatic heterocycles. The molecule has 0 N–H and O–H groups in total. The fraction of sp³-hybridized carbons (Fsp3) is 0.529. The van der Waals surface area contributed by atoms with Gasteiger partial charge in [0.1, 0.15) is 5.60 Å². The lowest BCUT2D eigenvalue weighted by molar-refractivity contribution is -0.560. The number of carbonyl (C=O) groups is 1. The first-order valence-electron chi connectivity index (χ1n) is 7.94. The summed E-state index contributed by atoms with van der Waals surface area (Å²) in [5.74, 6) is -0.0608. The Kier molecular flexibility index (Phi) is 5.01. The van der Waals surface area contributed by atoms with Crippen LogP contribution in [0.25, 0.3) is 5.65 Å². The Morgan fingerprint density at radius 3 is 2.60 bits per heavy atom. The van der Waals surface area contributed by atoms with Gasteiger partial charge in [-0.05, 0) is 32.9 Å². The second kappa shape index (κ2) is 6.70. The first-order valence-corrected chi connectivity index (χ1v) is 7.94. The molecule has 0 saturated carbocycles. The van der Waals surface area contributed by atoms with E-state index in [2.05, 4.69) is 4.98 Å². The largest absolute Gasteiger partial charge is 0.478 e. The van der Waals surface area contributed by atoms with Gasteiger partial charge in [0, 0.05) is 36.9 Å². The van der Waals surface area contributed by atoms with E-state index in [1.807, 2.05) is 0 Å². The van der Waals surface area contributed by atoms with Crippen molar-refractivity contribution in [2.45, 2.75) is 52.2 Å². The Morgan fingerprint density at radius 1 is 1.32 bits per heavy atom. The summed E-state index contributed by atoms with van der Waals surface area (Å²) in [5, 5.41) is 11.1. The Labute approximate surface area is 145 Å². The molecule has 2 heterocycles. The normalized spacial score (nSPS) is 12.2. The van der Waals surface area contributed by atoms with E-state index < -0.39 is 17.1 Å². The number of fused-ring (bicyclic) bond motifs is 1. The SMILES string of the molecule is CC(C)(C)OC(=O)COc1cccn2c(CC(C)(C)[N+](=O)[O-])cnc12. The van der Waals surface area contributed by atoms with Crippen molar-refractivity contribution in [3.05, 3.63) is 40.3 Å². The molecule has 0 aromatic carbocycles. The number of ether oxygens (including phenoxy) is 2. The van der Waals surface area contributed by atoms with Crippen LogP contribution < -0.4 is 4.74 Å². The maximum Gasteiger partial charge on any atom is 0.344 e. The van der Waals surface area contributed by atoms with E-state index in [9.17, 15) is 14.9 Å². The molecule has 2 aromatic heterocycles. The summed E-state index contributed by atoms with van der Waals surface area (Å²) in [5.41, 5.74) is -0.496. The predicted octanol–water partition coefficient (Wildman–Crippen LogP) is 2.65. The molecule has 8 heteroatoms. The van der Waals surface area contributed by atoms with Crippen LogP contribution in [0.5, 0.6) is 5.75 Å². The zero-order valence-electron chi connectivity index (χ0n) is 15.1. The molecule has 0 aliphatic carbocycles. The number of carbonyl (C=O) groups excluding carboxylic acids is 1. The van der Waals surface area contributed by atoms with Crippen LogP contribution in [-0.2, 0) is 16.0 Å². The average Bonchev–Trinajstić information content (AvgIpc) is 2.86. The third kappa shape index (κ3) is 4.68. The van der Waals surface area contributed by atoms with E-state index in [1.165, 1.54) is 0 Å². The van der Waals surface area contributed by atoms with Crippen molar-refractivity contribution >= 4 is 11.6 Å². The average molecular weight is 349 g/mol. The number of imidazole rings is 1. The first-order chi connectivity index (χ1) is 11.5. The standard InChI is InChI=1S/C17H23N3O5/c1-16(2,3)25-14(21)11-24-13-7-6-8-19-12(10-18-15(13)19)9-17(4,5)20(22)23/h6-8,10H,9,11H2,1-5H3. The maximum atomic E-state index is 11.8. The highest BCUT2D eigenvalue weighted by Crippen LogP contribution is 2.23. The number of esters is 1. The van der Waals surface area contributed by atoms with Gasteiger partial charge < -0.3 is 13.9 Å². The molecule has 0 aliphatic rings. The third-order valence-electron chi connectivity index (χ3n) is 3.45. The van der Waals surface area contributed by atoms with E-state index >= 15 is 0 Å². The lowest BCUT2D eigenvalue weighted by Gasteiger charge is -2.19. The van der Waals surface area contributed by atoms with E-state index in [4.69, 9.17) is 9.47 Å². The van der Waals surface area contributed by atoms with Crippen molar-refractivity contribution in [2.24, 2.45) is 0 Å². The van der Waals surface area contributed by atoms with Gasteiger partial charge in [0.05, 0.1) is 6.42 Å². The lowest BCUT2D eigenvalue weighted by Crippen LogP contribution is -2.33. The molecule has 0 atom stereocenters. The molecule has 8 nitrogen and oxygen atoms in total. The molecule has 0 amide bonds. The molecule has 0 spiro atoms. The van der Waals surface area contributed by atoms with Gasteiger partial charge >= 0.3 is 5.97 Å². The van der Waals surface area contributed by atoms with E-state index in [-0.39, 0.29) is 18.0 Å². The van der Waals surface area contributed by atoms with Gasteiger partial charge in [-0.25, -0.2) is 9.78 Å². The molecule has 0 unspecified atom stereocenters. The zero-order chi connectivity index (χ0) is 18.8. The Bertz CT molecular complexity index is 789. The van der Waals surface area contributed by atoms with Crippen LogP contribution in [0, 0.1) is 10.1 Å². The summed E-state index contributed by atoms with van der Waals surface area (Å²) < 4.78 is 12.5. The molecule has 25 heavy (non-hydrogen) atoms. The van der Waals surface area contributed by atoms with Crippen molar-refractivity contribution in [1.82, 2.24) is 9.38 Å². The fourth-order valence-corrected chi connectivity index (χ4v) is 2.29. The summed E-state index contributed by atoms with van der Waals surface area (Å²) in [6, 6.07) is 3.43. The van der Waals surface area contributed by atoms with Crippen LogP contribution in [-0.4, -0.2) is 38.0 Å². The van der Waals surface area contributed by atoms with Crippen molar-refractivity contribution in [3.8, 4) is 5.75 Å². The van der Waals surface area contributed by atoms with Gasteiger partial charge in [-0.2, -0.15) is 0 Å². The van der Waals surface area contributed by atoms with Gasteiger partial charge in [-0.15, -0.1) is 0 Å². The van der Waals surface area contributed by atoms with E-state index in [0.29, 0.717) is 17.1 Å². The molecule has 136 valence electrons. The summed E-state index contributed by atoms with van der Waals surface area (Å²) in [6.07, 6.45) is 3.56. The number of pyridine rings is 1. The molecular weight excluding hydrogens is 326 g/mol. The van der Waals surface area contributed by atoms with Crippen LogP contribution in [0.3, 0.4) is 0 Å². The monoisotopic (exact) mass is 349 g/mol. The van der Waals surface area contributed by atoms with Crippen molar-refractivity contribution in [2.75, 3.05) is 6.61 Å². The summed E-state index contributed by atoms with van der Waals surface area (Å²) in [7, 11) is 0. The van der Waals surface area contributed by atoms with Gasteiger partial charge in [0.15, 0.2) is 18.0 Å². The molecule has 0 saturated heterocycles. The zero-order valence-corrected chi connectivity index (χ0v) is 15.1. The topological polar surface area (TPSA) is 96.0 Å². The van der Waals surface area contributed by atoms with Crippen LogP contribution in [0.4, 0.5) is 0 Å². The summed E-state index contributed by atoms with van der Waals surface area (Å²) in [6.45, 7) is 8.24. The Hall–Kier alpha value is -2.64. The second-order valence-electron chi connectivity index (χ2n) is 7.44. The smallest absolute Gasteiger partial charge is 0.344 e. The summed E-state index contributed by atoms with van der Waals surface area (Å²) in [4.78, 5) is 26.9. The lowest BCUT2D eigenvalue weighted by atomic mass is 10.00. The Balaban J connectivity index is 2.18. The van der Waals surface area contributed by atoms with E-state index in [1.54, 1.807) is 63.5 Å². The first kappa shape index (κ1) is 18.7. The quantitative estimate of drug-likeness (QED) is 0.452. The molecule has 2 aromatic rings. The van der Waals surface area contributed by atoms with Crippen LogP contribution >= 0.6 is 0 Å². The minimum Gasteiger partial charge on any atom is -0.478 e. The van der Waals surface area contributed by atoms with Crippen molar-refractivity contribution in [1.29, 1.82) is 0 Å². The highest BCUT2D eigenvalue weighted by Gasteiger charge is 2.32. The minimum atomic E-state index is -1.11.